The van der Waals surface area contributed by atoms with Crippen molar-refractivity contribution in [3.05, 3.63) is 29.8 Å². The van der Waals surface area contributed by atoms with Gasteiger partial charge in [0, 0.05) is 6.54 Å². The van der Waals surface area contributed by atoms with Gasteiger partial charge in [0.05, 0.1) is 18.4 Å². The zero-order valence-corrected chi connectivity index (χ0v) is 9.55. The summed E-state index contributed by atoms with van der Waals surface area (Å²) in [6.07, 6.45) is 0. The van der Waals surface area contributed by atoms with Crippen molar-refractivity contribution in [3.8, 4) is 11.4 Å². The molecule has 1 aromatic heterocycles. The highest BCUT2D eigenvalue weighted by molar-refractivity contribution is 5.58. The van der Waals surface area contributed by atoms with Crippen molar-refractivity contribution in [2.24, 2.45) is 5.73 Å². The SMILES string of the molecule is COc1ccc(-n2nc(N)c(CN)c2N)cc1. The highest BCUT2D eigenvalue weighted by Crippen LogP contribution is 2.23. The Morgan fingerprint density at radius 1 is 1.24 bits per heavy atom. The molecule has 0 radical (unpaired) electrons. The van der Waals surface area contributed by atoms with Gasteiger partial charge in [0.2, 0.25) is 0 Å². The van der Waals surface area contributed by atoms with Crippen molar-refractivity contribution in [3.63, 3.8) is 0 Å². The average molecular weight is 233 g/mol. The minimum atomic E-state index is 0.272. The van der Waals surface area contributed by atoms with Gasteiger partial charge in [-0.15, -0.1) is 5.10 Å². The molecule has 90 valence electrons. The summed E-state index contributed by atoms with van der Waals surface area (Å²) < 4.78 is 6.65. The molecule has 6 nitrogen and oxygen atoms in total. The highest BCUT2D eigenvalue weighted by atomic mass is 16.5. The first-order valence-electron chi connectivity index (χ1n) is 5.14. The molecule has 6 heteroatoms. The minimum absolute atomic E-state index is 0.272. The summed E-state index contributed by atoms with van der Waals surface area (Å²) >= 11 is 0. The molecule has 0 aliphatic rings. The number of rotatable bonds is 3. The molecule has 0 aliphatic heterocycles. The van der Waals surface area contributed by atoms with Gasteiger partial charge in [-0.25, -0.2) is 4.68 Å². The molecule has 0 bridgehead atoms. The highest BCUT2D eigenvalue weighted by Gasteiger charge is 2.12. The lowest BCUT2D eigenvalue weighted by atomic mass is 10.3. The van der Waals surface area contributed by atoms with Crippen LogP contribution in [0.15, 0.2) is 24.3 Å². The smallest absolute Gasteiger partial charge is 0.152 e. The van der Waals surface area contributed by atoms with Crippen LogP contribution in [-0.2, 0) is 6.54 Å². The maximum Gasteiger partial charge on any atom is 0.152 e. The van der Waals surface area contributed by atoms with Gasteiger partial charge >= 0.3 is 0 Å². The second kappa shape index (κ2) is 4.34. The van der Waals surface area contributed by atoms with Crippen LogP contribution in [0.2, 0.25) is 0 Å². The van der Waals surface area contributed by atoms with E-state index < -0.39 is 0 Å². The molecule has 0 spiro atoms. The average Bonchev–Trinajstić information content (AvgIpc) is 2.64. The Bertz CT molecular complexity index is 517. The summed E-state index contributed by atoms with van der Waals surface area (Å²) in [4.78, 5) is 0. The van der Waals surface area contributed by atoms with Gasteiger partial charge in [0.25, 0.3) is 0 Å². The molecular weight excluding hydrogens is 218 g/mol. The first kappa shape index (κ1) is 11.3. The third-order valence-corrected chi connectivity index (χ3v) is 2.58. The Hall–Kier alpha value is -2.21. The van der Waals surface area contributed by atoms with Crippen LogP contribution in [0.5, 0.6) is 5.75 Å². The van der Waals surface area contributed by atoms with E-state index in [-0.39, 0.29) is 6.54 Å². The topological polar surface area (TPSA) is 105 Å². The van der Waals surface area contributed by atoms with Crippen molar-refractivity contribution in [2.45, 2.75) is 6.54 Å². The van der Waals surface area contributed by atoms with Crippen LogP contribution in [0.3, 0.4) is 0 Å². The second-order valence-corrected chi connectivity index (χ2v) is 3.56. The second-order valence-electron chi connectivity index (χ2n) is 3.56. The molecule has 0 aliphatic carbocycles. The maximum atomic E-state index is 5.93. The first-order chi connectivity index (χ1) is 8.17. The Balaban J connectivity index is 2.45. The molecule has 2 aromatic rings. The van der Waals surface area contributed by atoms with Crippen LogP contribution in [0.1, 0.15) is 5.56 Å². The number of aromatic nitrogens is 2. The normalized spacial score (nSPS) is 10.5. The molecule has 6 N–H and O–H groups in total. The van der Waals surface area contributed by atoms with Crippen LogP contribution in [0.4, 0.5) is 11.6 Å². The number of ether oxygens (including phenoxy) is 1. The van der Waals surface area contributed by atoms with E-state index in [1.807, 2.05) is 24.3 Å². The molecule has 0 atom stereocenters. The van der Waals surface area contributed by atoms with E-state index in [0.717, 1.165) is 11.4 Å². The number of nitrogen functional groups attached to an aromatic ring is 2. The molecule has 0 fully saturated rings. The van der Waals surface area contributed by atoms with Gasteiger partial charge in [-0.3, -0.25) is 0 Å². The van der Waals surface area contributed by atoms with E-state index in [4.69, 9.17) is 21.9 Å². The lowest BCUT2D eigenvalue weighted by molar-refractivity contribution is 0.414. The molecule has 1 aromatic carbocycles. The van der Waals surface area contributed by atoms with E-state index in [1.165, 1.54) is 0 Å². The zero-order valence-electron chi connectivity index (χ0n) is 9.55. The molecule has 2 rings (SSSR count). The molecule has 0 saturated heterocycles. The van der Waals surface area contributed by atoms with Gasteiger partial charge in [-0.1, -0.05) is 0 Å². The van der Waals surface area contributed by atoms with E-state index in [2.05, 4.69) is 5.10 Å². The lowest BCUT2D eigenvalue weighted by Crippen LogP contribution is -2.05. The standard InChI is InChI=1S/C11H15N5O/c1-17-8-4-2-7(3-5-8)16-11(14)9(6-12)10(13)15-16/h2-5H,6,12,14H2,1H3,(H2,13,15). The van der Waals surface area contributed by atoms with Crippen LogP contribution in [0.25, 0.3) is 5.69 Å². The van der Waals surface area contributed by atoms with Crippen LogP contribution in [0, 0.1) is 0 Å². The summed E-state index contributed by atoms with van der Waals surface area (Å²) in [5.41, 5.74) is 18.7. The zero-order chi connectivity index (χ0) is 12.4. The van der Waals surface area contributed by atoms with E-state index in [0.29, 0.717) is 17.2 Å². The number of anilines is 2. The Labute approximate surface area is 99.0 Å². The Kier molecular flexibility index (Phi) is 2.88. The first-order valence-corrected chi connectivity index (χ1v) is 5.14. The van der Waals surface area contributed by atoms with Crippen molar-refractivity contribution >= 4 is 11.6 Å². The number of hydrogen-bond acceptors (Lipinski definition) is 5. The third kappa shape index (κ3) is 1.90. The summed E-state index contributed by atoms with van der Waals surface area (Å²) in [7, 11) is 1.61. The fraction of sp³-hybridized carbons (Fsp3) is 0.182. The number of benzene rings is 1. The van der Waals surface area contributed by atoms with Crippen molar-refractivity contribution in [1.82, 2.24) is 9.78 Å². The van der Waals surface area contributed by atoms with Gasteiger partial charge < -0.3 is 21.9 Å². The Morgan fingerprint density at radius 2 is 1.88 bits per heavy atom. The number of nitrogens with two attached hydrogens (primary N) is 3. The van der Waals surface area contributed by atoms with Gasteiger partial charge in [-0.05, 0) is 24.3 Å². The molecule has 17 heavy (non-hydrogen) atoms. The van der Waals surface area contributed by atoms with Gasteiger partial charge in [0.15, 0.2) is 5.82 Å². The molecule has 1 heterocycles. The fourth-order valence-electron chi connectivity index (χ4n) is 1.61. The predicted octanol–water partition coefficient (Wildman–Crippen LogP) is 0.504. The lowest BCUT2D eigenvalue weighted by Gasteiger charge is -2.05. The number of hydrogen-bond donors (Lipinski definition) is 3. The molecule has 0 saturated carbocycles. The van der Waals surface area contributed by atoms with Crippen LogP contribution in [-0.4, -0.2) is 16.9 Å². The number of methoxy groups -OCH3 is 1. The van der Waals surface area contributed by atoms with Crippen molar-refractivity contribution in [2.75, 3.05) is 18.6 Å². The summed E-state index contributed by atoms with van der Waals surface area (Å²) in [6, 6.07) is 7.35. The number of nitrogens with zero attached hydrogens (tertiary/aromatic N) is 2. The Morgan fingerprint density at radius 3 is 2.35 bits per heavy atom. The molecule has 0 amide bonds. The molecular formula is C11H15N5O. The van der Waals surface area contributed by atoms with E-state index in [9.17, 15) is 0 Å². The maximum absolute atomic E-state index is 5.93. The summed E-state index contributed by atoms with van der Waals surface area (Å²) in [5.74, 6) is 1.60. The minimum Gasteiger partial charge on any atom is -0.497 e. The monoisotopic (exact) mass is 233 g/mol. The van der Waals surface area contributed by atoms with Crippen molar-refractivity contribution in [1.29, 1.82) is 0 Å². The van der Waals surface area contributed by atoms with E-state index >= 15 is 0 Å². The quantitative estimate of drug-likeness (QED) is 0.716. The van der Waals surface area contributed by atoms with Gasteiger partial charge in [0.1, 0.15) is 11.6 Å². The van der Waals surface area contributed by atoms with Gasteiger partial charge in [-0.2, -0.15) is 0 Å². The third-order valence-electron chi connectivity index (χ3n) is 2.58. The van der Waals surface area contributed by atoms with Crippen molar-refractivity contribution < 1.29 is 4.74 Å². The van der Waals surface area contributed by atoms with Crippen LogP contribution >= 0.6 is 0 Å². The molecule has 0 unspecified atom stereocenters. The fourth-order valence-corrected chi connectivity index (χ4v) is 1.61. The van der Waals surface area contributed by atoms with E-state index in [1.54, 1.807) is 11.8 Å². The van der Waals surface area contributed by atoms with Crippen LogP contribution < -0.4 is 21.9 Å². The largest absolute Gasteiger partial charge is 0.497 e. The summed E-state index contributed by atoms with van der Waals surface area (Å²) in [5, 5.41) is 4.16. The summed E-state index contributed by atoms with van der Waals surface area (Å²) in [6.45, 7) is 0.272. The predicted molar refractivity (Wildman–Crippen MR) is 66.8 cm³/mol.